The van der Waals surface area contributed by atoms with Crippen molar-refractivity contribution in [2.75, 3.05) is 6.61 Å². The molecule has 0 aliphatic carbocycles. The number of nitrogens with zero attached hydrogens (tertiary/aromatic N) is 1. The van der Waals surface area contributed by atoms with Crippen LogP contribution in [0.25, 0.3) is 0 Å². The fourth-order valence-electron chi connectivity index (χ4n) is 1.95. The maximum atomic E-state index is 12.0. The summed E-state index contributed by atoms with van der Waals surface area (Å²) in [6.07, 6.45) is 0. The molecule has 0 saturated carbocycles. The lowest BCUT2D eigenvalue weighted by Gasteiger charge is -2.06. The van der Waals surface area contributed by atoms with Gasteiger partial charge < -0.3 is 9.47 Å². The van der Waals surface area contributed by atoms with Crippen molar-refractivity contribution in [3.63, 3.8) is 0 Å². The Balaban J connectivity index is 2.00. The number of carbonyl (C=O) groups excluding carboxylic acids is 3. The molecular weight excluding hydrogens is 410 g/mol. The standard InChI is InChI=1S/C17H12BrNO7/c1-10(20)26-13-5-2-11(3-6-13)16(21)9-25-17(22)12-4-7-14(18)15(8-12)19(23)24/h2-8H,9H2,1H3. The Morgan fingerprint density at radius 3 is 2.27 bits per heavy atom. The van der Waals surface area contributed by atoms with E-state index in [0.717, 1.165) is 6.07 Å². The van der Waals surface area contributed by atoms with Crippen molar-refractivity contribution in [3.05, 3.63) is 68.2 Å². The second kappa shape index (κ2) is 8.34. The van der Waals surface area contributed by atoms with E-state index in [9.17, 15) is 24.5 Å². The first-order valence-corrected chi connectivity index (χ1v) is 8.00. The zero-order valence-electron chi connectivity index (χ0n) is 13.4. The number of carbonyl (C=O) groups is 3. The molecule has 0 atom stereocenters. The van der Waals surface area contributed by atoms with Gasteiger partial charge in [-0.3, -0.25) is 19.7 Å². The lowest BCUT2D eigenvalue weighted by molar-refractivity contribution is -0.385. The summed E-state index contributed by atoms with van der Waals surface area (Å²) in [6.45, 7) is 0.723. The number of ketones is 1. The van der Waals surface area contributed by atoms with Crippen LogP contribution in [0.4, 0.5) is 5.69 Å². The molecule has 0 radical (unpaired) electrons. The minimum absolute atomic E-state index is 0.0436. The zero-order valence-corrected chi connectivity index (χ0v) is 15.0. The smallest absolute Gasteiger partial charge is 0.338 e. The maximum absolute atomic E-state index is 12.0. The molecule has 9 heteroatoms. The van der Waals surface area contributed by atoms with Crippen molar-refractivity contribution in [3.8, 4) is 5.75 Å². The van der Waals surface area contributed by atoms with Crippen LogP contribution in [0.1, 0.15) is 27.6 Å². The van der Waals surface area contributed by atoms with Crippen LogP contribution in [-0.4, -0.2) is 29.3 Å². The summed E-state index contributed by atoms with van der Waals surface area (Å²) in [5, 5.41) is 10.9. The summed E-state index contributed by atoms with van der Waals surface area (Å²) in [6, 6.07) is 9.49. The molecule has 8 nitrogen and oxygen atoms in total. The van der Waals surface area contributed by atoms with Gasteiger partial charge in [-0.1, -0.05) is 0 Å². The zero-order chi connectivity index (χ0) is 19.3. The van der Waals surface area contributed by atoms with Crippen LogP contribution >= 0.6 is 15.9 Å². The van der Waals surface area contributed by atoms with Gasteiger partial charge in [0.25, 0.3) is 5.69 Å². The molecule has 0 aromatic heterocycles. The number of nitro benzene ring substituents is 1. The van der Waals surface area contributed by atoms with Gasteiger partial charge in [-0.15, -0.1) is 0 Å². The summed E-state index contributed by atoms with van der Waals surface area (Å²) in [7, 11) is 0. The molecule has 0 saturated heterocycles. The first kappa shape index (κ1) is 19.3. The Morgan fingerprint density at radius 2 is 1.69 bits per heavy atom. The van der Waals surface area contributed by atoms with Crippen LogP contribution < -0.4 is 4.74 Å². The molecule has 2 aromatic carbocycles. The molecule has 0 bridgehead atoms. The summed E-state index contributed by atoms with van der Waals surface area (Å²) in [5.41, 5.74) is -0.0692. The highest BCUT2D eigenvalue weighted by molar-refractivity contribution is 9.10. The van der Waals surface area contributed by atoms with Crippen LogP contribution in [0.3, 0.4) is 0 Å². The Kier molecular flexibility index (Phi) is 6.18. The summed E-state index contributed by atoms with van der Waals surface area (Å²) >= 11 is 3.01. The average molecular weight is 422 g/mol. The number of benzene rings is 2. The molecule has 2 rings (SSSR count). The van der Waals surface area contributed by atoms with Crippen LogP contribution in [0.5, 0.6) is 5.75 Å². The highest BCUT2D eigenvalue weighted by Gasteiger charge is 2.18. The third kappa shape index (κ3) is 4.96. The topological polar surface area (TPSA) is 113 Å². The molecule has 26 heavy (non-hydrogen) atoms. The number of halogens is 1. The van der Waals surface area contributed by atoms with Gasteiger partial charge in [-0.05, 0) is 52.3 Å². The molecule has 2 aromatic rings. The van der Waals surface area contributed by atoms with Gasteiger partial charge in [0.05, 0.1) is 15.0 Å². The lowest BCUT2D eigenvalue weighted by atomic mass is 10.1. The van der Waals surface area contributed by atoms with Crippen molar-refractivity contribution in [1.29, 1.82) is 0 Å². The monoisotopic (exact) mass is 421 g/mol. The van der Waals surface area contributed by atoms with Crippen molar-refractivity contribution in [2.24, 2.45) is 0 Å². The van der Waals surface area contributed by atoms with E-state index in [2.05, 4.69) is 15.9 Å². The van der Waals surface area contributed by atoms with Gasteiger partial charge in [-0.2, -0.15) is 0 Å². The summed E-state index contributed by atoms with van der Waals surface area (Å²) < 4.78 is 9.98. The van der Waals surface area contributed by atoms with Crippen molar-refractivity contribution < 1.29 is 28.8 Å². The Bertz CT molecular complexity index is 877. The third-order valence-electron chi connectivity index (χ3n) is 3.15. The minimum Gasteiger partial charge on any atom is -0.454 e. The predicted octanol–water partition coefficient (Wildman–Crippen LogP) is 3.32. The van der Waals surface area contributed by atoms with Crippen LogP contribution in [0.2, 0.25) is 0 Å². The maximum Gasteiger partial charge on any atom is 0.338 e. The van der Waals surface area contributed by atoms with Crippen LogP contribution in [0.15, 0.2) is 46.9 Å². The molecule has 0 amide bonds. The van der Waals surface area contributed by atoms with Crippen LogP contribution in [0, 0.1) is 10.1 Å². The van der Waals surface area contributed by atoms with E-state index in [1.807, 2.05) is 0 Å². The van der Waals surface area contributed by atoms with E-state index < -0.39 is 29.3 Å². The fraction of sp³-hybridized carbons (Fsp3) is 0.118. The molecule has 0 spiro atoms. The summed E-state index contributed by atoms with van der Waals surface area (Å²) in [4.78, 5) is 45.1. The number of hydrogen-bond donors (Lipinski definition) is 0. The SMILES string of the molecule is CC(=O)Oc1ccc(C(=O)COC(=O)c2ccc(Br)c([N+](=O)[O-])c2)cc1. The molecule has 0 fully saturated rings. The first-order chi connectivity index (χ1) is 12.3. The molecule has 0 N–H and O–H groups in total. The Morgan fingerprint density at radius 1 is 1.08 bits per heavy atom. The second-order valence-electron chi connectivity index (χ2n) is 5.04. The third-order valence-corrected chi connectivity index (χ3v) is 3.82. The fourth-order valence-corrected chi connectivity index (χ4v) is 2.34. The van der Waals surface area contributed by atoms with Gasteiger partial charge in [0, 0.05) is 18.6 Å². The number of Topliss-reactive ketones (excluding diaryl/α,β-unsaturated/α-hetero) is 1. The summed E-state index contributed by atoms with van der Waals surface area (Å²) in [5.74, 6) is -1.53. The minimum atomic E-state index is -0.856. The number of rotatable bonds is 6. The molecule has 0 aliphatic heterocycles. The Hall–Kier alpha value is -3.07. The van der Waals surface area contributed by atoms with E-state index in [4.69, 9.17) is 9.47 Å². The van der Waals surface area contributed by atoms with E-state index in [1.54, 1.807) is 0 Å². The van der Waals surface area contributed by atoms with Crippen molar-refractivity contribution >= 4 is 39.3 Å². The number of esters is 2. The van der Waals surface area contributed by atoms with Gasteiger partial charge in [0.1, 0.15) is 5.75 Å². The second-order valence-corrected chi connectivity index (χ2v) is 5.89. The molecule has 134 valence electrons. The van der Waals surface area contributed by atoms with E-state index in [1.165, 1.54) is 43.3 Å². The Labute approximate surface area is 156 Å². The van der Waals surface area contributed by atoms with Crippen LogP contribution in [-0.2, 0) is 9.53 Å². The number of ether oxygens (including phenoxy) is 2. The van der Waals surface area contributed by atoms with Crippen molar-refractivity contribution in [1.82, 2.24) is 0 Å². The number of nitro groups is 1. The molecule has 0 aliphatic rings. The normalized spacial score (nSPS) is 10.1. The first-order valence-electron chi connectivity index (χ1n) is 7.20. The van der Waals surface area contributed by atoms with Gasteiger partial charge in [0.15, 0.2) is 12.4 Å². The van der Waals surface area contributed by atoms with Gasteiger partial charge in [-0.25, -0.2) is 4.79 Å². The predicted molar refractivity (Wildman–Crippen MR) is 93.2 cm³/mol. The van der Waals surface area contributed by atoms with Gasteiger partial charge in [0.2, 0.25) is 0 Å². The average Bonchev–Trinajstić information content (AvgIpc) is 2.59. The van der Waals surface area contributed by atoms with Gasteiger partial charge >= 0.3 is 11.9 Å². The highest BCUT2D eigenvalue weighted by Crippen LogP contribution is 2.26. The van der Waals surface area contributed by atoms with E-state index in [-0.39, 0.29) is 27.0 Å². The highest BCUT2D eigenvalue weighted by atomic mass is 79.9. The van der Waals surface area contributed by atoms with Crippen molar-refractivity contribution in [2.45, 2.75) is 6.92 Å². The number of hydrogen-bond acceptors (Lipinski definition) is 7. The molecule has 0 unspecified atom stereocenters. The lowest BCUT2D eigenvalue weighted by Crippen LogP contribution is -2.14. The molecular formula is C17H12BrNO7. The van der Waals surface area contributed by atoms with E-state index >= 15 is 0 Å². The van der Waals surface area contributed by atoms with E-state index in [0.29, 0.717) is 0 Å². The molecule has 0 heterocycles. The largest absolute Gasteiger partial charge is 0.454 e. The quantitative estimate of drug-likeness (QED) is 0.231.